The van der Waals surface area contributed by atoms with Gasteiger partial charge in [0, 0.05) is 32.9 Å². The standard InChI is InChI=1S/C20H25N7O3/c1-5-16(28)26-8-7-13(9-26)27-11-14(22-15-10-24(3)23-19(15)30-4)17-18(20(27)29)25(6-2)12-21-17/h5,10-13,22H,1,6-9H2,2-4H3. The van der Waals surface area contributed by atoms with E-state index >= 15 is 0 Å². The highest BCUT2D eigenvalue weighted by Crippen LogP contribution is 2.30. The van der Waals surface area contributed by atoms with Crippen LogP contribution in [0.2, 0.25) is 0 Å². The second-order valence-electron chi connectivity index (χ2n) is 7.26. The van der Waals surface area contributed by atoms with Crippen LogP contribution in [0.15, 0.2) is 36.2 Å². The van der Waals surface area contributed by atoms with Gasteiger partial charge in [0.2, 0.25) is 5.91 Å². The molecule has 1 aliphatic rings. The summed E-state index contributed by atoms with van der Waals surface area (Å²) in [6.45, 7) is 7.20. The van der Waals surface area contributed by atoms with Gasteiger partial charge >= 0.3 is 0 Å². The molecule has 1 saturated heterocycles. The van der Waals surface area contributed by atoms with E-state index in [1.54, 1.807) is 47.0 Å². The van der Waals surface area contributed by atoms with Crippen molar-refractivity contribution in [3.8, 4) is 5.88 Å². The minimum absolute atomic E-state index is 0.119. The van der Waals surface area contributed by atoms with Gasteiger partial charge in [-0.25, -0.2) is 4.98 Å². The number of likely N-dealkylation sites (tertiary alicyclic amines) is 1. The lowest BCUT2D eigenvalue weighted by Crippen LogP contribution is -2.31. The minimum atomic E-state index is -0.123. The zero-order valence-corrected chi connectivity index (χ0v) is 17.3. The average molecular weight is 411 g/mol. The maximum absolute atomic E-state index is 13.3. The van der Waals surface area contributed by atoms with Crippen LogP contribution in [0.25, 0.3) is 11.0 Å². The van der Waals surface area contributed by atoms with Gasteiger partial charge in [0.15, 0.2) is 0 Å². The van der Waals surface area contributed by atoms with Crippen molar-refractivity contribution in [2.45, 2.75) is 25.9 Å². The van der Waals surface area contributed by atoms with Gasteiger partial charge in [0.1, 0.15) is 16.7 Å². The summed E-state index contributed by atoms with van der Waals surface area (Å²) < 4.78 is 10.5. The number of rotatable bonds is 6. The van der Waals surface area contributed by atoms with Gasteiger partial charge in [-0.1, -0.05) is 6.58 Å². The Hall–Kier alpha value is -3.56. The van der Waals surface area contributed by atoms with Gasteiger partial charge in [-0.2, -0.15) is 0 Å². The second kappa shape index (κ2) is 7.69. The first-order chi connectivity index (χ1) is 14.5. The van der Waals surface area contributed by atoms with Crippen LogP contribution in [0.1, 0.15) is 19.4 Å². The number of anilines is 2. The molecule has 1 atom stereocenters. The molecule has 1 unspecified atom stereocenters. The summed E-state index contributed by atoms with van der Waals surface area (Å²) in [6, 6.07) is -0.123. The number of hydrogen-bond donors (Lipinski definition) is 1. The number of aromatic nitrogens is 5. The Bertz CT molecular complexity index is 1170. The average Bonchev–Trinajstić information content (AvgIpc) is 3.47. The quantitative estimate of drug-likeness (QED) is 0.620. The third-order valence-electron chi connectivity index (χ3n) is 5.44. The fourth-order valence-corrected chi connectivity index (χ4v) is 3.93. The number of ether oxygens (including phenoxy) is 1. The van der Waals surface area contributed by atoms with Crippen molar-refractivity contribution in [3.05, 3.63) is 41.7 Å². The number of amides is 1. The summed E-state index contributed by atoms with van der Waals surface area (Å²) in [6.07, 6.45) is 7.25. The number of nitrogens with zero attached hydrogens (tertiary/aromatic N) is 6. The molecule has 0 aromatic carbocycles. The van der Waals surface area contributed by atoms with E-state index in [4.69, 9.17) is 4.74 Å². The molecular weight excluding hydrogens is 386 g/mol. The lowest BCUT2D eigenvalue weighted by molar-refractivity contribution is -0.125. The van der Waals surface area contributed by atoms with Crippen LogP contribution >= 0.6 is 0 Å². The Morgan fingerprint density at radius 1 is 1.40 bits per heavy atom. The molecule has 0 bridgehead atoms. The molecule has 3 aromatic rings. The number of imidazole rings is 1. The van der Waals surface area contributed by atoms with E-state index in [2.05, 4.69) is 22.0 Å². The molecule has 4 rings (SSSR count). The van der Waals surface area contributed by atoms with Crippen molar-refractivity contribution >= 4 is 28.3 Å². The number of carbonyl (C=O) groups is 1. The maximum Gasteiger partial charge on any atom is 0.277 e. The van der Waals surface area contributed by atoms with E-state index in [9.17, 15) is 9.59 Å². The van der Waals surface area contributed by atoms with Gasteiger partial charge < -0.3 is 24.1 Å². The summed E-state index contributed by atoms with van der Waals surface area (Å²) in [4.78, 5) is 31.5. The molecule has 1 N–H and O–H groups in total. The van der Waals surface area contributed by atoms with E-state index in [1.807, 2.05) is 11.5 Å². The van der Waals surface area contributed by atoms with Crippen molar-refractivity contribution in [2.24, 2.45) is 7.05 Å². The van der Waals surface area contributed by atoms with Crippen molar-refractivity contribution in [3.63, 3.8) is 0 Å². The Labute approximate surface area is 173 Å². The Balaban J connectivity index is 1.81. The number of hydrogen-bond acceptors (Lipinski definition) is 6. The van der Waals surface area contributed by atoms with Gasteiger partial charge in [-0.15, -0.1) is 5.10 Å². The van der Waals surface area contributed by atoms with Gasteiger partial charge in [0.05, 0.1) is 31.4 Å². The van der Waals surface area contributed by atoms with E-state index in [-0.39, 0.29) is 17.5 Å². The van der Waals surface area contributed by atoms with Gasteiger partial charge in [0.25, 0.3) is 11.4 Å². The number of nitrogens with one attached hydrogen (secondary N) is 1. The maximum atomic E-state index is 13.3. The predicted octanol–water partition coefficient (Wildman–Crippen LogP) is 1.66. The number of carbonyl (C=O) groups excluding carboxylic acids is 1. The Morgan fingerprint density at radius 3 is 2.90 bits per heavy atom. The highest BCUT2D eigenvalue weighted by atomic mass is 16.5. The first-order valence-corrected chi connectivity index (χ1v) is 9.82. The van der Waals surface area contributed by atoms with Crippen LogP contribution in [0.3, 0.4) is 0 Å². The summed E-state index contributed by atoms with van der Waals surface area (Å²) in [5.74, 6) is 0.325. The molecule has 10 heteroatoms. The smallest absolute Gasteiger partial charge is 0.277 e. The number of pyridine rings is 1. The van der Waals surface area contributed by atoms with Crippen molar-refractivity contribution in [1.29, 1.82) is 0 Å². The molecule has 0 spiro atoms. The van der Waals surface area contributed by atoms with Crippen LogP contribution in [-0.4, -0.2) is 54.9 Å². The van der Waals surface area contributed by atoms with Gasteiger partial charge in [-0.3, -0.25) is 14.3 Å². The van der Waals surface area contributed by atoms with E-state index in [0.29, 0.717) is 54.3 Å². The molecule has 0 radical (unpaired) electrons. The third-order valence-corrected chi connectivity index (χ3v) is 5.44. The molecule has 0 saturated carbocycles. The molecule has 3 aromatic heterocycles. The summed E-state index contributed by atoms with van der Waals surface area (Å²) in [5.41, 5.74) is 2.34. The highest BCUT2D eigenvalue weighted by Gasteiger charge is 2.28. The largest absolute Gasteiger partial charge is 0.478 e. The Morgan fingerprint density at radius 2 is 2.20 bits per heavy atom. The first kappa shape index (κ1) is 19.7. The molecule has 4 heterocycles. The van der Waals surface area contributed by atoms with Crippen LogP contribution in [0.4, 0.5) is 11.4 Å². The first-order valence-electron chi connectivity index (χ1n) is 9.82. The lowest BCUT2D eigenvalue weighted by Gasteiger charge is -2.18. The predicted molar refractivity (Wildman–Crippen MR) is 113 cm³/mol. The normalized spacial score (nSPS) is 16.2. The van der Waals surface area contributed by atoms with Crippen LogP contribution in [0, 0.1) is 0 Å². The van der Waals surface area contributed by atoms with Crippen molar-refractivity contribution < 1.29 is 9.53 Å². The molecule has 158 valence electrons. The minimum Gasteiger partial charge on any atom is -0.478 e. The molecule has 0 aliphatic carbocycles. The Kier molecular flexibility index (Phi) is 5.06. The molecule has 10 nitrogen and oxygen atoms in total. The topological polar surface area (TPSA) is 99.2 Å². The monoisotopic (exact) mass is 411 g/mol. The molecule has 1 aliphatic heterocycles. The fourth-order valence-electron chi connectivity index (χ4n) is 3.93. The summed E-state index contributed by atoms with van der Waals surface area (Å²) >= 11 is 0. The van der Waals surface area contributed by atoms with Crippen molar-refractivity contribution in [1.82, 2.24) is 28.8 Å². The summed E-state index contributed by atoms with van der Waals surface area (Å²) in [7, 11) is 3.36. The number of aryl methyl sites for hydroxylation is 2. The van der Waals surface area contributed by atoms with E-state index in [0.717, 1.165) is 0 Å². The van der Waals surface area contributed by atoms with Crippen LogP contribution in [-0.2, 0) is 18.4 Å². The van der Waals surface area contributed by atoms with E-state index < -0.39 is 0 Å². The molecule has 1 fully saturated rings. The third kappa shape index (κ3) is 3.23. The SMILES string of the molecule is C=CC(=O)N1CCC(n2cc(Nc3cn(C)nc3OC)c3ncn(CC)c3c2=O)C1. The number of fused-ring (bicyclic) bond motifs is 1. The molecule has 30 heavy (non-hydrogen) atoms. The highest BCUT2D eigenvalue weighted by molar-refractivity contribution is 5.90. The van der Waals surface area contributed by atoms with Crippen LogP contribution in [0.5, 0.6) is 5.88 Å². The van der Waals surface area contributed by atoms with Gasteiger partial charge in [-0.05, 0) is 19.4 Å². The summed E-state index contributed by atoms with van der Waals surface area (Å²) in [5, 5.41) is 7.59. The number of methoxy groups -OCH3 is 1. The molecular formula is C20H25N7O3. The second-order valence-corrected chi connectivity index (χ2v) is 7.26. The zero-order chi connectivity index (χ0) is 21.4. The zero-order valence-electron chi connectivity index (χ0n) is 17.3. The fraction of sp³-hybridized carbons (Fsp3) is 0.400. The van der Waals surface area contributed by atoms with Crippen LogP contribution < -0.4 is 15.6 Å². The lowest BCUT2D eigenvalue weighted by atomic mass is 10.2. The van der Waals surface area contributed by atoms with Crippen molar-refractivity contribution in [2.75, 3.05) is 25.5 Å². The molecule has 1 amide bonds. The van der Waals surface area contributed by atoms with E-state index in [1.165, 1.54) is 6.08 Å².